The van der Waals surface area contributed by atoms with Crippen molar-refractivity contribution in [2.45, 2.75) is 6.54 Å². The van der Waals surface area contributed by atoms with E-state index in [0.29, 0.717) is 11.4 Å². The Bertz CT molecular complexity index is 1730. The molecular weight excluding hydrogens is 508 g/mol. The van der Waals surface area contributed by atoms with Gasteiger partial charge in [0.2, 0.25) is 0 Å². The molecule has 0 spiro atoms. The number of nitrogens with zero attached hydrogens (tertiary/aromatic N) is 4. The average Bonchev–Trinajstić information content (AvgIpc) is 3.44. The first-order valence-corrected chi connectivity index (χ1v) is 12.7. The summed E-state index contributed by atoms with van der Waals surface area (Å²) in [5.74, 6) is -0.659. The standard InChI is InChI=1S/C30H28N6O4/c1-40-18-17-34(26-27(31)35(30(39)32-28(26)37)20-21-11-5-2-6-12-21)29(38)25-19-24(22-13-7-3-8-14-22)33-36(25)23-15-9-4-10-16-23/h2-16,19H,17-18,20,31H2,1H3,(H,32,37,39). The number of hydrogen-bond acceptors (Lipinski definition) is 6. The molecule has 0 aliphatic rings. The first-order chi connectivity index (χ1) is 19.5. The summed E-state index contributed by atoms with van der Waals surface area (Å²) in [6.07, 6.45) is 0. The Hall–Kier alpha value is -5.22. The van der Waals surface area contributed by atoms with E-state index in [1.807, 2.05) is 91.0 Å². The largest absolute Gasteiger partial charge is 0.383 e. The van der Waals surface area contributed by atoms with Crippen molar-refractivity contribution in [3.8, 4) is 16.9 Å². The van der Waals surface area contributed by atoms with Crippen LogP contribution in [0.25, 0.3) is 16.9 Å². The number of rotatable bonds is 9. The van der Waals surface area contributed by atoms with Gasteiger partial charge in [0.15, 0.2) is 5.69 Å². The number of amides is 1. The number of nitrogen functional groups attached to an aromatic ring is 1. The van der Waals surface area contributed by atoms with Gasteiger partial charge in [-0.25, -0.2) is 9.48 Å². The Morgan fingerprint density at radius 1 is 0.950 bits per heavy atom. The van der Waals surface area contributed by atoms with Gasteiger partial charge in [-0.2, -0.15) is 5.10 Å². The number of nitrogens with two attached hydrogens (primary N) is 1. The van der Waals surface area contributed by atoms with Gasteiger partial charge in [-0.15, -0.1) is 0 Å². The van der Waals surface area contributed by atoms with E-state index in [2.05, 4.69) is 4.98 Å². The molecule has 10 heteroatoms. The maximum atomic E-state index is 14.3. The molecule has 0 saturated carbocycles. The van der Waals surface area contributed by atoms with Crippen molar-refractivity contribution in [2.24, 2.45) is 0 Å². The number of H-pyrrole nitrogens is 1. The second kappa shape index (κ2) is 11.7. The van der Waals surface area contributed by atoms with Crippen LogP contribution in [-0.4, -0.2) is 45.5 Å². The monoisotopic (exact) mass is 536 g/mol. The van der Waals surface area contributed by atoms with Gasteiger partial charge in [-0.05, 0) is 23.8 Å². The molecule has 0 radical (unpaired) electrons. The number of carbonyl (C=O) groups excluding carboxylic acids is 1. The van der Waals surface area contributed by atoms with Crippen LogP contribution < -0.4 is 21.9 Å². The van der Waals surface area contributed by atoms with Crippen molar-refractivity contribution >= 4 is 17.4 Å². The van der Waals surface area contributed by atoms with Crippen molar-refractivity contribution in [2.75, 3.05) is 30.9 Å². The molecule has 0 atom stereocenters. The third-order valence-electron chi connectivity index (χ3n) is 6.43. The predicted octanol–water partition coefficient (Wildman–Crippen LogP) is 3.31. The van der Waals surface area contributed by atoms with Crippen LogP contribution in [0.5, 0.6) is 0 Å². The Morgan fingerprint density at radius 3 is 2.23 bits per heavy atom. The second-order valence-corrected chi connectivity index (χ2v) is 9.04. The molecular formula is C30H28N6O4. The lowest BCUT2D eigenvalue weighted by Crippen LogP contribution is -2.43. The van der Waals surface area contributed by atoms with E-state index in [1.54, 1.807) is 6.07 Å². The van der Waals surface area contributed by atoms with Crippen molar-refractivity contribution in [3.05, 3.63) is 129 Å². The second-order valence-electron chi connectivity index (χ2n) is 9.04. The Labute approximate surface area is 229 Å². The van der Waals surface area contributed by atoms with Crippen molar-refractivity contribution in [1.82, 2.24) is 19.3 Å². The highest BCUT2D eigenvalue weighted by atomic mass is 16.5. The number of nitrogens with one attached hydrogen (secondary N) is 1. The van der Waals surface area contributed by atoms with E-state index < -0.39 is 17.2 Å². The first kappa shape index (κ1) is 26.4. The van der Waals surface area contributed by atoms with Gasteiger partial charge in [0, 0.05) is 19.2 Å². The topological polar surface area (TPSA) is 128 Å². The summed E-state index contributed by atoms with van der Waals surface area (Å²) in [5, 5.41) is 4.73. The molecule has 40 heavy (non-hydrogen) atoms. The first-order valence-electron chi connectivity index (χ1n) is 12.7. The number of benzene rings is 3. The molecule has 2 heterocycles. The van der Waals surface area contributed by atoms with E-state index in [0.717, 1.165) is 11.1 Å². The third kappa shape index (κ3) is 5.33. The van der Waals surface area contributed by atoms with Gasteiger partial charge in [0.25, 0.3) is 11.5 Å². The molecule has 0 fully saturated rings. The highest BCUT2D eigenvalue weighted by molar-refractivity contribution is 6.07. The van der Waals surface area contributed by atoms with Crippen LogP contribution in [0.15, 0.2) is 107 Å². The number of carbonyl (C=O) groups is 1. The number of methoxy groups -OCH3 is 1. The van der Waals surface area contributed by atoms with Crippen LogP contribution in [0.3, 0.4) is 0 Å². The molecule has 5 rings (SSSR count). The van der Waals surface area contributed by atoms with E-state index in [4.69, 9.17) is 15.6 Å². The summed E-state index contributed by atoms with van der Waals surface area (Å²) in [5.41, 5.74) is 7.95. The lowest BCUT2D eigenvalue weighted by Gasteiger charge is -2.24. The molecule has 202 valence electrons. The molecule has 5 aromatic rings. The van der Waals surface area contributed by atoms with Crippen LogP contribution in [-0.2, 0) is 11.3 Å². The number of para-hydroxylation sites is 1. The summed E-state index contributed by atoms with van der Waals surface area (Å²) in [7, 11) is 1.49. The molecule has 2 aromatic heterocycles. The zero-order valence-electron chi connectivity index (χ0n) is 21.9. The minimum Gasteiger partial charge on any atom is -0.383 e. The summed E-state index contributed by atoms with van der Waals surface area (Å²) in [6, 6.07) is 29.6. The highest BCUT2D eigenvalue weighted by Gasteiger charge is 2.29. The molecule has 1 amide bonds. The van der Waals surface area contributed by atoms with Gasteiger partial charge in [-0.3, -0.25) is 24.0 Å². The van der Waals surface area contributed by atoms with Gasteiger partial charge in [0.05, 0.1) is 24.5 Å². The molecule has 0 aliphatic heterocycles. The zero-order chi connectivity index (χ0) is 28.1. The molecule has 0 aliphatic carbocycles. The third-order valence-corrected chi connectivity index (χ3v) is 6.43. The summed E-state index contributed by atoms with van der Waals surface area (Å²) in [6.45, 7) is 0.238. The summed E-state index contributed by atoms with van der Waals surface area (Å²) in [4.78, 5) is 43.8. The van der Waals surface area contributed by atoms with Gasteiger partial charge in [-0.1, -0.05) is 78.9 Å². The smallest absolute Gasteiger partial charge is 0.330 e. The number of aromatic nitrogens is 4. The van der Waals surface area contributed by atoms with Crippen molar-refractivity contribution < 1.29 is 9.53 Å². The van der Waals surface area contributed by atoms with Gasteiger partial charge >= 0.3 is 5.69 Å². The Morgan fingerprint density at radius 2 is 1.57 bits per heavy atom. The Kier molecular flexibility index (Phi) is 7.70. The lowest BCUT2D eigenvalue weighted by atomic mass is 10.1. The van der Waals surface area contributed by atoms with E-state index in [-0.39, 0.29) is 36.9 Å². The van der Waals surface area contributed by atoms with Crippen molar-refractivity contribution in [3.63, 3.8) is 0 Å². The molecule has 0 unspecified atom stereocenters. The lowest BCUT2D eigenvalue weighted by molar-refractivity contribution is 0.0968. The van der Waals surface area contributed by atoms with E-state index in [1.165, 1.54) is 21.3 Å². The van der Waals surface area contributed by atoms with Crippen LogP contribution in [0.1, 0.15) is 16.1 Å². The van der Waals surface area contributed by atoms with Crippen molar-refractivity contribution in [1.29, 1.82) is 0 Å². The minimum absolute atomic E-state index is 0.00674. The average molecular weight is 537 g/mol. The van der Waals surface area contributed by atoms with Crippen LogP contribution in [0.4, 0.5) is 11.5 Å². The number of anilines is 2. The van der Waals surface area contributed by atoms with E-state index >= 15 is 0 Å². The highest BCUT2D eigenvalue weighted by Crippen LogP contribution is 2.25. The number of aromatic amines is 1. The molecule has 3 N–H and O–H groups in total. The Balaban J connectivity index is 1.65. The fourth-order valence-electron chi connectivity index (χ4n) is 4.45. The number of hydrogen-bond donors (Lipinski definition) is 2. The van der Waals surface area contributed by atoms with Crippen LogP contribution in [0, 0.1) is 0 Å². The maximum Gasteiger partial charge on any atom is 0.330 e. The quantitative estimate of drug-likeness (QED) is 0.298. The fraction of sp³-hybridized carbons (Fsp3) is 0.133. The molecule has 10 nitrogen and oxygen atoms in total. The summed E-state index contributed by atoms with van der Waals surface area (Å²) < 4.78 is 8.04. The van der Waals surface area contributed by atoms with Crippen LogP contribution >= 0.6 is 0 Å². The predicted molar refractivity (Wildman–Crippen MR) is 154 cm³/mol. The maximum absolute atomic E-state index is 14.3. The van der Waals surface area contributed by atoms with Gasteiger partial charge < -0.3 is 10.5 Å². The molecule has 0 bridgehead atoms. The zero-order valence-corrected chi connectivity index (χ0v) is 21.9. The minimum atomic E-state index is -0.773. The normalized spacial score (nSPS) is 10.9. The molecule has 0 saturated heterocycles. The fourth-order valence-corrected chi connectivity index (χ4v) is 4.45. The van der Waals surface area contributed by atoms with Crippen LogP contribution in [0.2, 0.25) is 0 Å². The summed E-state index contributed by atoms with van der Waals surface area (Å²) >= 11 is 0. The van der Waals surface area contributed by atoms with Gasteiger partial charge in [0.1, 0.15) is 11.5 Å². The SMILES string of the molecule is COCCN(C(=O)c1cc(-c2ccccc2)nn1-c1ccccc1)c1c(N)n(Cc2ccccc2)c(=O)[nH]c1=O. The van der Waals surface area contributed by atoms with E-state index in [9.17, 15) is 14.4 Å². The number of ether oxygens (including phenoxy) is 1. The molecule has 3 aromatic carbocycles.